The van der Waals surface area contributed by atoms with Gasteiger partial charge in [-0.25, -0.2) is 9.36 Å². The molecule has 1 aromatic heterocycles. The molecule has 2 bridgehead atoms. The summed E-state index contributed by atoms with van der Waals surface area (Å²) < 4.78 is 13.7. The number of amides is 1. The number of aromatic nitrogens is 2. The largest absolute Gasteiger partial charge is 0.493 e. The van der Waals surface area contributed by atoms with Crippen LogP contribution >= 0.6 is 0 Å². The van der Waals surface area contributed by atoms with Gasteiger partial charge in [0.2, 0.25) is 11.8 Å². The lowest BCUT2D eigenvalue weighted by atomic mass is 10.1. The van der Waals surface area contributed by atoms with Crippen molar-refractivity contribution in [1.82, 2.24) is 14.0 Å². The van der Waals surface area contributed by atoms with Crippen LogP contribution in [0.2, 0.25) is 0 Å². The van der Waals surface area contributed by atoms with Crippen molar-refractivity contribution in [3.8, 4) is 23.1 Å². The highest BCUT2D eigenvalue weighted by Gasteiger charge is 2.49. The van der Waals surface area contributed by atoms with Crippen molar-refractivity contribution in [2.45, 2.75) is 24.9 Å². The fourth-order valence-electron chi connectivity index (χ4n) is 5.61. The highest BCUT2D eigenvalue weighted by atomic mass is 16.5. The van der Waals surface area contributed by atoms with E-state index in [1.54, 1.807) is 35.8 Å². The lowest BCUT2D eigenvalue weighted by Gasteiger charge is -2.28. The maximum atomic E-state index is 13.5. The second-order valence-corrected chi connectivity index (χ2v) is 9.01. The van der Waals surface area contributed by atoms with Crippen molar-refractivity contribution in [2.75, 3.05) is 20.8 Å². The van der Waals surface area contributed by atoms with E-state index in [0.717, 1.165) is 16.3 Å². The number of imidazole rings is 1. The van der Waals surface area contributed by atoms with E-state index in [2.05, 4.69) is 0 Å². The molecule has 1 amide bonds. The Hall–Kier alpha value is -4.20. The third kappa shape index (κ3) is 3.13. The standard InChI is InChI=1S/C27H25N3O5/c1-34-22-11-10-16(12-23(22)35-2)13-24(31)28-15-18-14-21(28)25-26(32)30(27(33)29(18)25)20-9-5-7-17-6-3-4-8-19(17)20/h3-12,18,21,32H,13-15H2,1-2H3/t18-,21?/m1/s1. The first kappa shape index (κ1) is 21.3. The number of rotatable bonds is 5. The minimum Gasteiger partial charge on any atom is -0.493 e. The Labute approximate surface area is 201 Å². The molecule has 6 rings (SSSR count). The summed E-state index contributed by atoms with van der Waals surface area (Å²) in [5.41, 5.74) is 1.69. The van der Waals surface area contributed by atoms with Gasteiger partial charge in [-0.2, -0.15) is 0 Å². The van der Waals surface area contributed by atoms with E-state index >= 15 is 0 Å². The van der Waals surface area contributed by atoms with Gasteiger partial charge in [0, 0.05) is 11.9 Å². The fourth-order valence-corrected chi connectivity index (χ4v) is 5.61. The summed E-state index contributed by atoms with van der Waals surface area (Å²) in [5.74, 6) is 1.02. The number of nitrogens with zero attached hydrogens (tertiary/aromatic N) is 3. The number of fused-ring (bicyclic) bond motifs is 6. The average molecular weight is 472 g/mol. The van der Waals surface area contributed by atoms with E-state index in [4.69, 9.17) is 9.47 Å². The number of benzene rings is 3. The van der Waals surface area contributed by atoms with Gasteiger partial charge in [-0.05, 0) is 35.6 Å². The van der Waals surface area contributed by atoms with Crippen LogP contribution in [0.1, 0.15) is 29.8 Å². The second-order valence-electron chi connectivity index (χ2n) is 9.01. The minimum atomic E-state index is -0.337. The summed E-state index contributed by atoms with van der Waals surface area (Å²) in [7, 11) is 3.13. The summed E-state index contributed by atoms with van der Waals surface area (Å²) >= 11 is 0. The quantitative estimate of drug-likeness (QED) is 0.481. The summed E-state index contributed by atoms with van der Waals surface area (Å²) in [5, 5.41) is 13.1. The lowest BCUT2D eigenvalue weighted by Crippen LogP contribution is -2.38. The van der Waals surface area contributed by atoms with Gasteiger partial charge >= 0.3 is 5.69 Å². The van der Waals surface area contributed by atoms with Crippen LogP contribution in [0.3, 0.4) is 0 Å². The molecule has 4 aromatic rings. The average Bonchev–Trinajstić information content (AvgIpc) is 3.55. The van der Waals surface area contributed by atoms with Gasteiger partial charge in [0.1, 0.15) is 5.69 Å². The first-order valence-corrected chi connectivity index (χ1v) is 11.6. The van der Waals surface area contributed by atoms with Crippen LogP contribution in [0.4, 0.5) is 0 Å². The van der Waals surface area contributed by atoms with Crippen LogP contribution in [-0.4, -0.2) is 45.8 Å². The maximum Gasteiger partial charge on any atom is 0.336 e. The number of likely N-dealkylation sites (tertiary alicyclic amines) is 1. The molecule has 0 aliphatic carbocycles. The number of hydrogen-bond acceptors (Lipinski definition) is 5. The van der Waals surface area contributed by atoms with E-state index < -0.39 is 0 Å². The molecule has 8 nitrogen and oxygen atoms in total. The molecule has 2 atom stereocenters. The van der Waals surface area contributed by atoms with E-state index in [-0.39, 0.29) is 36.0 Å². The Morgan fingerprint density at radius 1 is 1.03 bits per heavy atom. The highest BCUT2D eigenvalue weighted by Crippen LogP contribution is 2.49. The molecule has 178 valence electrons. The Morgan fingerprint density at radius 2 is 1.80 bits per heavy atom. The smallest absolute Gasteiger partial charge is 0.336 e. The molecular weight excluding hydrogens is 446 g/mol. The molecule has 2 aliphatic rings. The summed E-state index contributed by atoms with van der Waals surface area (Å²) in [4.78, 5) is 28.5. The van der Waals surface area contributed by atoms with Crippen LogP contribution in [-0.2, 0) is 11.2 Å². The normalized spacial score (nSPS) is 18.2. The number of carbonyl (C=O) groups excluding carboxylic acids is 1. The SMILES string of the molecule is COc1ccc(CC(=O)N2C[C@H]3CC2c2c(O)n(-c4cccc5ccccc45)c(=O)n23)cc1OC. The number of ether oxygens (including phenoxy) is 2. The van der Waals surface area contributed by atoms with Gasteiger partial charge < -0.3 is 19.5 Å². The van der Waals surface area contributed by atoms with Crippen molar-refractivity contribution in [3.63, 3.8) is 0 Å². The van der Waals surface area contributed by atoms with Crippen LogP contribution in [0, 0.1) is 0 Å². The summed E-state index contributed by atoms with van der Waals surface area (Å²) in [6.45, 7) is 0.447. The second kappa shape index (κ2) is 7.94. The van der Waals surface area contributed by atoms with E-state index in [9.17, 15) is 14.7 Å². The fraction of sp³-hybridized carbons (Fsp3) is 0.259. The van der Waals surface area contributed by atoms with Crippen molar-refractivity contribution >= 4 is 16.7 Å². The molecule has 2 aliphatic heterocycles. The predicted molar refractivity (Wildman–Crippen MR) is 131 cm³/mol. The van der Waals surface area contributed by atoms with Gasteiger partial charge in [0.25, 0.3) is 0 Å². The first-order valence-electron chi connectivity index (χ1n) is 11.6. The third-order valence-electron chi connectivity index (χ3n) is 7.19. The molecule has 1 N–H and O–H groups in total. The number of aromatic hydroxyl groups is 1. The lowest BCUT2D eigenvalue weighted by molar-refractivity contribution is -0.132. The van der Waals surface area contributed by atoms with E-state index in [1.165, 1.54) is 4.57 Å². The summed E-state index contributed by atoms with van der Waals surface area (Å²) in [6, 6.07) is 18.4. The molecule has 1 unspecified atom stereocenters. The zero-order chi connectivity index (χ0) is 24.3. The van der Waals surface area contributed by atoms with Crippen molar-refractivity contribution in [1.29, 1.82) is 0 Å². The molecule has 3 heterocycles. The minimum absolute atomic E-state index is 0.0549. The Bertz CT molecular complexity index is 1530. The van der Waals surface area contributed by atoms with Gasteiger partial charge in [0.05, 0.1) is 38.4 Å². The molecule has 8 heteroatoms. The molecule has 0 radical (unpaired) electrons. The first-order chi connectivity index (χ1) is 17.0. The molecule has 1 fully saturated rings. The van der Waals surface area contributed by atoms with Gasteiger partial charge in [-0.15, -0.1) is 0 Å². The van der Waals surface area contributed by atoms with Crippen molar-refractivity contribution < 1.29 is 19.4 Å². The molecule has 3 aromatic carbocycles. The number of methoxy groups -OCH3 is 2. The molecular formula is C27H25N3O5. The Morgan fingerprint density at radius 3 is 2.60 bits per heavy atom. The molecule has 1 saturated heterocycles. The van der Waals surface area contributed by atoms with Crippen LogP contribution in [0.5, 0.6) is 17.4 Å². The zero-order valence-electron chi connectivity index (χ0n) is 19.5. The van der Waals surface area contributed by atoms with E-state index in [0.29, 0.717) is 35.8 Å². The van der Waals surface area contributed by atoms with Crippen LogP contribution in [0.15, 0.2) is 65.5 Å². The van der Waals surface area contributed by atoms with Gasteiger partial charge in [-0.1, -0.05) is 42.5 Å². The molecule has 35 heavy (non-hydrogen) atoms. The van der Waals surface area contributed by atoms with E-state index in [1.807, 2.05) is 48.5 Å². The van der Waals surface area contributed by atoms with Crippen molar-refractivity contribution in [3.05, 3.63) is 82.4 Å². The third-order valence-corrected chi connectivity index (χ3v) is 7.19. The summed E-state index contributed by atoms with van der Waals surface area (Å²) in [6.07, 6.45) is 0.824. The highest BCUT2D eigenvalue weighted by molar-refractivity contribution is 5.90. The van der Waals surface area contributed by atoms with Crippen LogP contribution < -0.4 is 15.2 Å². The zero-order valence-corrected chi connectivity index (χ0v) is 19.5. The van der Waals surface area contributed by atoms with Crippen LogP contribution in [0.25, 0.3) is 16.5 Å². The number of hydrogen-bond donors (Lipinski definition) is 1. The molecule has 0 saturated carbocycles. The van der Waals surface area contributed by atoms with Crippen molar-refractivity contribution in [2.24, 2.45) is 0 Å². The molecule has 0 spiro atoms. The predicted octanol–water partition coefficient (Wildman–Crippen LogP) is 3.59. The topological polar surface area (TPSA) is 85.9 Å². The Balaban J connectivity index is 1.34. The van der Waals surface area contributed by atoms with Gasteiger partial charge in [-0.3, -0.25) is 9.36 Å². The number of carbonyl (C=O) groups is 1. The van der Waals surface area contributed by atoms with Gasteiger partial charge in [0.15, 0.2) is 11.5 Å². The Kier molecular flexibility index (Phi) is 4.84. The maximum absolute atomic E-state index is 13.5. The monoisotopic (exact) mass is 471 g/mol.